The molecular formula is C16H30N2O3. The lowest BCUT2D eigenvalue weighted by atomic mass is 9.91. The third-order valence-corrected chi connectivity index (χ3v) is 4.46. The molecular weight excluding hydrogens is 268 g/mol. The Hall–Kier alpha value is -0.650. The summed E-state index contributed by atoms with van der Waals surface area (Å²) in [5.74, 6) is 0.0268. The minimum Gasteiger partial charge on any atom is -0.376 e. The van der Waals surface area contributed by atoms with E-state index in [1.165, 1.54) is 0 Å². The highest BCUT2D eigenvalue weighted by molar-refractivity contribution is 5.85. The molecule has 3 N–H and O–H groups in total. The van der Waals surface area contributed by atoms with Crippen molar-refractivity contribution in [1.82, 2.24) is 5.32 Å². The highest BCUT2D eigenvalue weighted by Gasteiger charge is 2.50. The van der Waals surface area contributed by atoms with Gasteiger partial charge in [0.2, 0.25) is 5.91 Å². The van der Waals surface area contributed by atoms with Gasteiger partial charge in [0.15, 0.2) is 0 Å². The van der Waals surface area contributed by atoms with Crippen LogP contribution in [0.15, 0.2) is 0 Å². The Labute approximate surface area is 127 Å². The van der Waals surface area contributed by atoms with Crippen molar-refractivity contribution in [2.24, 2.45) is 11.7 Å². The summed E-state index contributed by atoms with van der Waals surface area (Å²) in [4.78, 5) is 12.1. The summed E-state index contributed by atoms with van der Waals surface area (Å²) >= 11 is 0. The number of carbonyl (C=O) groups is 1. The van der Waals surface area contributed by atoms with Crippen molar-refractivity contribution in [2.45, 2.75) is 83.3 Å². The Morgan fingerprint density at radius 1 is 1.33 bits per heavy atom. The maximum Gasteiger partial charge on any atom is 0.240 e. The number of carbonyl (C=O) groups excluding carboxylic acids is 1. The lowest BCUT2D eigenvalue weighted by molar-refractivity contribution is -0.136. The van der Waals surface area contributed by atoms with Crippen molar-refractivity contribution in [3.05, 3.63) is 0 Å². The van der Waals surface area contributed by atoms with Crippen molar-refractivity contribution < 1.29 is 14.3 Å². The Morgan fingerprint density at radius 2 is 1.90 bits per heavy atom. The summed E-state index contributed by atoms with van der Waals surface area (Å²) in [5, 5.41) is 3.39. The number of rotatable bonds is 7. The van der Waals surface area contributed by atoms with Gasteiger partial charge in [-0.2, -0.15) is 0 Å². The molecule has 1 saturated carbocycles. The van der Waals surface area contributed by atoms with E-state index in [-0.39, 0.29) is 30.3 Å². The first kappa shape index (κ1) is 16.7. The molecule has 0 bridgehead atoms. The van der Waals surface area contributed by atoms with E-state index >= 15 is 0 Å². The molecule has 0 aromatic carbocycles. The van der Waals surface area contributed by atoms with E-state index in [1.807, 2.05) is 13.8 Å². The number of amides is 1. The summed E-state index contributed by atoms with van der Waals surface area (Å²) in [6.07, 6.45) is 4.42. The average Bonchev–Trinajstić information content (AvgIpc) is 3.16. The summed E-state index contributed by atoms with van der Waals surface area (Å²) in [7, 11) is 0. The standard InChI is InChI=1S/C16H30N2O3/c1-10(2)18-16(15(17)19,13-5-6-13)9-20-14-7-11(3)21-12(4)8-14/h10-14,18H,5-9H2,1-4H3,(H2,17,19). The molecule has 0 radical (unpaired) electrons. The normalized spacial score (nSPS) is 32.9. The average molecular weight is 298 g/mol. The molecule has 0 spiro atoms. The van der Waals surface area contributed by atoms with Gasteiger partial charge in [-0.05, 0) is 59.3 Å². The van der Waals surface area contributed by atoms with Crippen molar-refractivity contribution in [3.63, 3.8) is 0 Å². The van der Waals surface area contributed by atoms with E-state index in [0.717, 1.165) is 25.7 Å². The highest BCUT2D eigenvalue weighted by Crippen LogP contribution is 2.40. The molecule has 0 aromatic heterocycles. The van der Waals surface area contributed by atoms with Gasteiger partial charge in [0, 0.05) is 6.04 Å². The van der Waals surface area contributed by atoms with Gasteiger partial charge in [-0.1, -0.05) is 0 Å². The summed E-state index contributed by atoms with van der Waals surface area (Å²) in [6, 6.07) is 0.203. The predicted octanol–water partition coefficient (Wildman–Crippen LogP) is 1.59. The van der Waals surface area contributed by atoms with Crippen LogP contribution in [-0.4, -0.2) is 42.4 Å². The van der Waals surface area contributed by atoms with Crippen LogP contribution in [0.3, 0.4) is 0 Å². The van der Waals surface area contributed by atoms with Crippen molar-refractivity contribution in [2.75, 3.05) is 6.61 Å². The van der Waals surface area contributed by atoms with Gasteiger partial charge in [-0.3, -0.25) is 10.1 Å². The Balaban J connectivity index is 2.00. The van der Waals surface area contributed by atoms with E-state index < -0.39 is 5.54 Å². The molecule has 3 unspecified atom stereocenters. The smallest absolute Gasteiger partial charge is 0.240 e. The van der Waals surface area contributed by atoms with Gasteiger partial charge in [0.05, 0.1) is 24.9 Å². The fourth-order valence-corrected chi connectivity index (χ4v) is 3.44. The van der Waals surface area contributed by atoms with Gasteiger partial charge in [0.1, 0.15) is 5.54 Å². The van der Waals surface area contributed by atoms with Crippen LogP contribution in [0.5, 0.6) is 0 Å². The second-order valence-corrected chi connectivity index (χ2v) is 7.07. The quantitative estimate of drug-likeness (QED) is 0.748. The van der Waals surface area contributed by atoms with Gasteiger partial charge in [-0.15, -0.1) is 0 Å². The first-order valence-corrected chi connectivity index (χ1v) is 8.18. The zero-order valence-electron chi connectivity index (χ0n) is 13.7. The molecule has 21 heavy (non-hydrogen) atoms. The minimum atomic E-state index is -0.709. The van der Waals surface area contributed by atoms with Gasteiger partial charge >= 0.3 is 0 Å². The molecule has 122 valence electrons. The third kappa shape index (κ3) is 4.18. The molecule has 2 fully saturated rings. The van der Waals surface area contributed by atoms with Crippen molar-refractivity contribution in [3.8, 4) is 0 Å². The molecule has 1 heterocycles. The molecule has 5 nitrogen and oxygen atoms in total. The monoisotopic (exact) mass is 298 g/mol. The highest BCUT2D eigenvalue weighted by atomic mass is 16.5. The molecule has 2 aliphatic rings. The lowest BCUT2D eigenvalue weighted by Gasteiger charge is -2.37. The van der Waals surface area contributed by atoms with Crippen LogP contribution in [0.2, 0.25) is 0 Å². The van der Waals surface area contributed by atoms with Crippen LogP contribution in [0.25, 0.3) is 0 Å². The SMILES string of the molecule is CC(C)NC(COC1CC(C)OC(C)C1)(C(N)=O)C1CC1. The maximum absolute atomic E-state index is 12.1. The molecule has 1 aliphatic carbocycles. The third-order valence-electron chi connectivity index (χ3n) is 4.46. The number of nitrogens with two attached hydrogens (primary N) is 1. The number of nitrogens with one attached hydrogen (secondary N) is 1. The Morgan fingerprint density at radius 3 is 2.33 bits per heavy atom. The number of hydrogen-bond donors (Lipinski definition) is 2. The van der Waals surface area contributed by atoms with E-state index in [0.29, 0.717) is 12.5 Å². The lowest BCUT2D eigenvalue weighted by Crippen LogP contribution is -2.62. The van der Waals surface area contributed by atoms with Gasteiger partial charge < -0.3 is 15.2 Å². The molecule has 1 aliphatic heterocycles. The van der Waals surface area contributed by atoms with Crippen LogP contribution >= 0.6 is 0 Å². The van der Waals surface area contributed by atoms with Crippen LogP contribution in [0.4, 0.5) is 0 Å². The Bertz CT molecular complexity index is 361. The fourth-order valence-electron chi connectivity index (χ4n) is 3.44. The van der Waals surface area contributed by atoms with E-state index in [9.17, 15) is 4.79 Å². The molecule has 0 aromatic rings. The molecule has 3 atom stereocenters. The van der Waals surface area contributed by atoms with Crippen molar-refractivity contribution in [1.29, 1.82) is 0 Å². The summed E-state index contributed by atoms with van der Waals surface area (Å²) in [6.45, 7) is 8.59. The number of primary amides is 1. The summed E-state index contributed by atoms with van der Waals surface area (Å²) in [5.41, 5.74) is 5.02. The van der Waals surface area contributed by atoms with Crippen LogP contribution in [-0.2, 0) is 14.3 Å². The molecule has 1 saturated heterocycles. The first-order chi connectivity index (χ1) is 9.83. The largest absolute Gasteiger partial charge is 0.376 e. The van der Waals surface area contributed by atoms with Crippen LogP contribution < -0.4 is 11.1 Å². The number of ether oxygens (including phenoxy) is 2. The van der Waals surface area contributed by atoms with Crippen molar-refractivity contribution >= 4 is 5.91 Å². The Kier molecular flexibility index (Phi) is 5.28. The second kappa shape index (κ2) is 6.63. The van der Waals surface area contributed by atoms with Crippen LogP contribution in [0.1, 0.15) is 53.4 Å². The topological polar surface area (TPSA) is 73.6 Å². The van der Waals surface area contributed by atoms with E-state index in [4.69, 9.17) is 15.2 Å². The molecule has 1 amide bonds. The van der Waals surface area contributed by atoms with Crippen LogP contribution in [0, 0.1) is 5.92 Å². The molecule has 2 rings (SSSR count). The zero-order chi connectivity index (χ0) is 15.6. The molecule has 5 heteroatoms. The zero-order valence-corrected chi connectivity index (χ0v) is 13.7. The first-order valence-electron chi connectivity index (χ1n) is 8.18. The number of hydrogen-bond acceptors (Lipinski definition) is 4. The fraction of sp³-hybridized carbons (Fsp3) is 0.938. The maximum atomic E-state index is 12.1. The van der Waals surface area contributed by atoms with E-state index in [1.54, 1.807) is 0 Å². The predicted molar refractivity (Wildman–Crippen MR) is 81.9 cm³/mol. The van der Waals surface area contributed by atoms with Gasteiger partial charge in [0.25, 0.3) is 0 Å². The minimum absolute atomic E-state index is 0.148. The van der Waals surface area contributed by atoms with E-state index in [2.05, 4.69) is 19.2 Å². The second-order valence-electron chi connectivity index (χ2n) is 7.07. The van der Waals surface area contributed by atoms with Gasteiger partial charge in [-0.25, -0.2) is 0 Å². The summed E-state index contributed by atoms with van der Waals surface area (Å²) < 4.78 is 11.8.